The number of thiophene rings is 1. The SMILES string of the molecule is COc1cccc(NC(C=O)(c2ccsc2)c2c[nH]c3ccccc23)c1. The molecule has 2 aromatic carbocycles. The van der Waals surface area contributed by atoms with Crippen LogP contribution in [0.1, 0.15) is 11.1 Å². The van der Waals surface area contributed by atoms with Crippen molar-refractivity contribution in [1.82, 2.24) is 4.98 Å². The Hall–Kier alpha value is -3.05. The van der Waals surface area contributed by atoms with Gasteiger partial charge >= 0.3 is 0 Å². The molecule has 0 aliphatic carbocycles. The van der Waals surface area contributed by atoms with Crippen LogP contribution >= 0.6 is 11.3 Å². The van der Waals surface area contributed by atoms with Crippen LogP contribution in [-0.2, 0) is 10.3 Å². The molecule has 0 aliphatic heterocycles. The van der Waals surface area contributed by atoms with Gasteiger partial charge in [-0.05, 0) is 40.6 Å². The largest absolute Gasteiger partial charge is 0.497 e. The molecule has 0 fully saturated rings. The molecule has 0 saturated heterocycles. The van der Waals surface area contributed by atoms with E-state index >= 15 is 0 Å². The number of nitrogens with one attached hydrogen (secondary N) is 2. The number of ether oxygens (including phenoxy) is 1. The minimum absolute atomic E-state index is 0.735. The van der Waals surface area contributed by atoms with Gasteiger partial charge in [-0.25, -0.2) is 0 Å². The predicted octanol–water partition coefficient (Wildman–Crippen LogP) is 4.79. The number of aldehydes is 1. The molecule has 0 spiro atoms. The number of hydrogen-bond donors (Lipinski definition) is 2. The van der Waals surface area contributed by atoms with Gasteiger partial charge in [0.1, 0.15) is 11.3 Å². The molecular formula is C21H18N2O2S. The highest BCUT2D eigenvalue weighted by Gasteiger charge is 2.37. The summed E-state index contributed by atoms with van der Waals surface area (Å²) in [6, 6.07) is 17.6. The predicted molar refractivity (Wildman–Crippen MR) is 106 cm³/mol. The van der Waals surface area contributed by atoms with E-state index in [0.29, 0.717) is 0 Å². The van der Waals surface area contributed by atoms with Gasteiger partial charge in [-0.3, -0.25) is 4.79 Å². The van der Waals surface area contributed by atoms with Gasteiger partial charge in [0, 0.05) is 34.4 Å². The number of fused-ring (bicyclic) bond motifs is 1. The quantitative estimate of drug-likeness (QED) is 0.485. The number of carbonyl (C=O) groups excluding carboxylic acids is 1. The van der Waals surface area contributed by atoms with Crippen molar-refractivity contribution in [3.8, 4) is 5.75 Å². The van der Waals surface area contributed by atoms with Gasteiger partial charge < -0.3 is 15.0 Å². The van der Waals surface area contributed by atoms with E-state index in [9.17, 15) is 4.79 Å². The van der Waals surface area contributed by atoms with Crippen molar-refractivity contribution in [2.75, 3.05) is 12.4 Å². The maximum absolute atomic E-state index is 12.5. The highest BCUT2D eigenvalue weighted by molar-refractivity contribution is 7.08. The lowest BCUT2D eigenvalue weighted by Gasteiger charge is -2.30. The Labute approximate surface area is 155 Å². The highest BCUT2D eigenvalue weighted by atomic mass is 32.1. The molecular weight excluding hydrogens is 344 g/mol. The van der Waals surface area contributed by atoms with Crippen LogP contribution in [0.3, 0.4) is 0 Å². The zero-order chi connectivity index (χ0) is 18.0. The third kappa shape index (κ3) is 2.66. The highest BCUT2D eigenvalue weighted by Crippen LogP contribution is 2.37. The van der Waals surface area contributed by atoms with Gasteiger partial charge in [-0.15, -0.1) is 0 Å². The summed E-state index contributed by atoms with van der Waals surface area (Å²) in [5, 5.41) is 8.45. The summed E-state index contributed by atoms with van der Waals surface area (Å²) in [7, 11) is 1.63. The topological polar surface area (TPSA) is 54.1 Å². The van der Waals surface area contributed by atoms with E-state index in [4.69, 9.17) is 4.74 Å². The Kier molecular flexibility index (Phi) is 4.22. The minimum atomic E-state index is -0.994. The second-order valence-corrected chi connectivity index (χ2v) is 6.82. The monoisotopic (exact) mass is 362 g/mol. The lowest BCUT2D eigenvalue weighted by atomic mass is 9.85. The summed E-state index contributed by atoms with van der Waals surface area (Å²) in [5.41, 5.74) is 2.62. The third-order valence-electron chi connectivity index (χ3n) is 4.58. The van der Waals surface area contributed by atoms with Gasteiger partial charge in [-0.2, -0.15) is 11.3 Å². The van der Waals surface area contributed by atoms with E-state index in [2.05, 4.69) is 10.3 Å². The lowest BCUT2D eigenvalue weighted by Crippen LogP contribution is -2.38. The Bertz CT molecular complexity index is 1040. The molecule has 0 radical (unpaired) electrons. The smallest absolute Gasteiger partial charge is 0.154 e. The number of aromatic amines is 1. The zero-order valence-electron chi connectivity index (χ0n) is 14.2. The number of carbonyl (C=O) groups is 1. The maximum atomic E-state index is 12.5. The molecule has 4 rings (SSSR count). The fourth-order valence-corrected chi connectivity index (χ4v) is 3.99. The first-order valence-corrected chi connectivity index (χ1v) is 9.19. The zero-order valence-corrected chi connectivity index (χ0v) is 15.0. The number of H-pyrrole nitrogens is 1. The van der Waals surface area contributed by atoms with Crippen LogP contribution in [0, 0.1) is 0 Å². The summed E-state index contributed by atoms with van der Waals surface area (Å²) >= 11 is 1.57. The number of methoxy groups -OCH3 is 1. The van der Waals surface area contributed by atoms with Gasteiger partial charge in [0.25, 0.3) is 0 Å². The van der Waals surface area contributed by atoms with Crippen LogP contribution in [0.4, 0.5) is 5.69 Å². The number of rotatable bonds is 6. The van der Waals surface area contributed by atoms with Crippen molar-refractivity contribution >= 4 is 34.2 Å². The number of benzene rings is 2. The average molecular weight is 362 g/mol. The molecule has 0 saturated carbocycles. The van der Waals surface area contributed by atoms with E-state index in [0.717, 1.165) is 39.8 Å². The van der Waals surface area contributed by atoms with Crippen LogP contribution in [0.2, 0.25) is 0 Å². The molecule has 2 N–H and O–H groups in total. The molecule has 2 heterocycles. The van der Waals surface area contributed by atoms with Gasteiger partial charge in [-0.1, -0.05) is 24.3 Å². The van der Waals surface area contributed by atoms with E-state index in [1.165, 1.54) is 0 Å². The molecule has 2 aromatic heterocycles. The van der Waals surface area contributed by atoms with E-state index < -0.39 is 5.54 Å². The molecule has 0 aliphatic rings. The van der Waals surface area contributed by atoms with Crippen LogP contribution in [0.15, 0.2) is 71.6 Å². The summed E-state index contributed by atoms with van der Waals surface area (Å²) in [6.45, 7) is 0. The number of hydrogen-bond acceptors (Lipinski definition) is 4. The Balaban J connectivity index is 1.91. The molecule has 1 atom stereocenters. The van der Waals surface area contributed by atoms with E-state index in [1.54, 1.807) is 18.4 Å². The van der Waals surface area contributed by atoms with Crippen molar-refractivity contribution in [3.63, 3.8) is 0 Å². The first kappa shape index (κ1) is 16.4. The van der Waals surface area contributed by atoms with Gasteiger partial charge in [0.15, 0.2) is 6.29 Å². The second kappa shape index (κ2) is 6.69. The molecule has 1 unspecified atom stereocenters. The van der Waals surface area contributed by atoms with Crippen LogP contribution in [0.25, 0.3) is 10.9 Å². The molecule has 4 nitrogen and oxygen atoms in total. The first-order valence-electron chi connectivity index (χ1n) is 8.24. The van der Waals surface area contributed by atoms with Crippen LogP contribution in [-0.4, -0.2) is 18.4 Å². The summed E-state index contributed by atoms with van der Waals surface area (Å²) < 4.78 is 5.32. The van der Waals surface area contributed by atoms with Crippen molar-refractivity contribution in [2.24, 2.45) is 0 Å². The Morgan fingerprint density at radius 3 is 2.81 bits per heavy atom. The van der Waals surface area contributed by atoms with E-state index in [1.807, 2.05) is 71.6 Å². The van der Waals surface area contributed by atoms with Gasteiger partial charge in [0.05, 0.1) is 7.11 Å². The molecule has 0 bridgehead atoms. The minimum Gasteiger partial charge on any atom is -0.497 e. The van der Waals surface area contributed by atoms with Crippen LogP contribution < -0.4 is 10.1 Å². The number of aromatic nitrogens is 1. The van der Waals surface area contributed by atoms with Crippen molar-refractivity contribution in [1.29, 1.82) is 0 Å². The van der Waals surface area contributed by atoms with Crippen molar-refractivity contribution in [3.05, 3.63) is 82.7 Å². The fourth-order valence-electron chi connectivity index (χ4n) is 3.27. The summed E-state index contributed by atoms with van der Waals surface area (Å²) in [6.07, 6.45) is 2.88. The van der Waals surface area contributed by atoms with Gasteiger partial charge in [0.2, 0.25) is 0 Å². The third-order valence-corrected chi connectivity index (χ3v) is 5.26. The first-order chi connectivity index (χ1) is 12.8. The molecule has 4 aromatic rings. The standard InChI is InChI=1S/C21H18N2O2S/c1-25-17-6-4-5-16(11-17)23-21(14-24,15-9-10-26-13-15)19-12-22-20-8-3-2-7-18(19)20/h2-14,22-23H,1H3. The summed E-state index contributed by atoms with van der Waals surface area (Å²) in [4.78, 5) is 15.8. The number of para-hydroxylation sites is 1. The fraction of sp³-hybridized carbons (Fsp3) is 0.0952. The molecule has 26 heavy (non-hydrogen) atoms. The lowest BCUT2D eigenvalue weighted by molar-refractivity contribution is -0.110. The maximum Gasteiger partial charge on any atom is 0.154 e. The number of anilines is 1. The normalized spacial score (nSPS) is 13.3. The molecule has 0 amide bonds. The van der Waals surface area contributed by atoms with Crippen molar-refractivity contribution < 1.29 is 9.53 Å². The second-order valence-electron chi connectivity index (χ2n) is 6.04. The molecule has 5 heteroatoms. The molecule has 130 valence electrons. The summed E-state index contributed by atoms with van der Waals surface area (Å²) in [5.74, 6) is 0.735. The van der Waals surface area contributed by atoms with Crippen LogP contribution in [0.5, 0.6) is 5.75 Å². The van der Waals surface area contributed by atoms with E-state index in [-0.39, 0.29) is 0 Å². The van der Waals surface area contributed by atoms with Crippen molar-refractivity contribution in [2.45, 2.75) is 5.54 Å². The average Bonchev–Trinajstić information content (AvgIpc) is 3.37. The Morgan fingerprint density at radius 1 is 1.15 bits per heavy atom. The Morgan fingerprint density at radius 2 is 2.04 bits per heavy atom.